The largest absolute Gasteiger partial charge is 0.286 e. The van der Waals surface area contributed by atoms with Crippen LogP contribution in [0.1, 0.15) is 24.3 Å². The quantitative estimate of drug-likeness (QED) is 0.359. The number of hydrogen-bond donors (Lipinski definition) is 0. The monoisotopic (exact) mass is 402 g/mol. The fourth-order valence-corrected chi connectivity index (χ4v) is 5.67. The first-order valence-corrected chi connectivity index (χ1v) is 10.8. The zero-order chi connectivity index (χ0) is 18.4. The van der Waals surface area contributed by atoms with Crippen molar-refractivity contribution in [3.8, 4) is 0 Å². The topological polar surface area (TPSA) is 60.7 Å². The average Bonchev–Trinajstić information content (AvgIpc) is 3.17. The Morgan fingerprint density at radius 1 is 1.23 bits per heavy atom. The SMILES string of the molecule is Cc1sc2nc(Sc3ncnc4sccc34)n(CC(C)C)c(=O)c2c1C. The van der Waals surface area contributed by atoms with Gasteiger partial charge >= 0.3 is 0 Å². The number of aryl methyl sites for hydroxylation is 2. The third-order valence-electron chi connectivity index (χ3n) is 4.21. The van der Waals surface area contributed by atoms with Gasteiger partial charge in [0.2, 0.25) is 0 Å². The lowest BCUT2D eigenvalue weighted by Gasteiger charge is -2.14. The van der Waals surface area contributed by atoms with Gasteiger partial charge in [-0.25, -0.2) is 15.0 Å². The molecular formula is C18H18N4OS3. The molecule has 0 unspecified atom stereocenters. The van der Waals surface area contributed by atoms with E-state index >= 15 is 0 Å². The van der Waals surface area contributed by atoms with Crippen LogP contribution in [-0.4, -0.2) is 19.5 Å². The molecule has 0 aromatic carbocycles. The second-order valence-corrected chi connectivity index (χ2v) is 9.64. The van der Waals surface area contributed by atoms with Crippen molar-refractivity contribution in [3.05, 3.63) is 38.6 Å². The standard InChI is InChI=1S/C18H18N4OS3/c1-9(2)7-22-17(23)13-10(3)11(4)25-16(13)21-18(22)26-15-12-5-6-24-14(12)19-8-20-15/h5-6,8-9H,7H2,1-4H3. The normalized spacial score (nSPS) is 11.9. The Morgan fingerprint density at radius 2 is 2.04 bits per heavy atom. The van der Waals surface area contributed by atoms with Crippen LogP contribution in [0, 0.1) is 19.8 Å². The summed E-state index contributed by atoms with van der Waals surface area (Å²) in [6.07, 6.45) is 1.57. The summed E-state index contributed by atoms with van der Waals surface area (Å²) in [6.45, 7) is 8.90. The van der Waals surface area contributed by atoms with Gasteiger partial charge in [0, 0.05) is 16.8 Å². The van der Waals surface area contributed by atoms with Gasteiger partial charge in [0.15, 0.2) is 5.16 Å². The van der Waals surface area contributed by atoms with Crippen LogP contribution in [-0.2, 0) is 6.54 Å². The number of aromatic nitrogens is 4. The van der Waals surface area contributed by atoms with E-state index in [0.717, 1.165) is 35.9 Å². The average molecular weight is 403 g/mol. The molecule has 0 amide bonds. The second-order valence-electron chi connectivity index (χ2n) is 6.59. The summed E-state index contributed by atoms with van der Waals surface area (Å²) in [6, 6.07) is 2.02. The highest BCUT2D eigenvalue weighted by molar-refractivity contribution is 7.99. The number of thiophene rings is 2. The molecule has 4 aromatic heterocycles. The predicted octanol–water partition coefficient (Wildman–Crippen LogP) is 4.89. The van der Waals surface area contributed by atoms with Crippen LogP contribution in [0.25, 0.3) is 20.4 Å². The van der Waals surface area contributed by atoms with Crippen LogP contribution in [0.3, 0.4) is 0 Å². The van der Waals surface area contributed by atoms with Gasteiger partial charge in [-0.15, -0.1) is 22.7 Å². The predicted molar refractivity (Wildman–Crippen MR) is 110 cm³/mol. The maximum absolute atomic E-state index is 13.2. The Balaban J connectivity index is 1.93. The lowest BCUT2D eigenvalue weighted by molar-refractivity contribution is 0.475. The first-order valence-electron chi connectivity index (χ1n) is 8.32. The van der Waals surface area contributed by atoms with Crippen molar-refractivity contribution >= 4 is 54.9 Å². The fraction of sp³-hybridized carbons (Fsp3) is 0.333. The van der Waals surface area contributed by atoms with Gasteiger partial charge in [-0.3, -0.25) is 9.36 Å². The van der Waals surface area contributed by atoms with E-state index < -0.39 is 0 Å². The summed E-state index contributed by atoms with van der Waals surface area (Å²) in [7, 11) is 0. The van der Waals surface area contributed by atoms with E-state index in [1.165, 1.54) is 11.8 Å². The molecule has 8 heteroatoms. The lowest BCUT2D eigenvalue weighted by Crippen LogP contribution is -2.25. The summed E-state index contributed by atoms with van der Waals surface area (Å²) in [5, 5.41) is 5.30. The van der Waals surface area contributed by atoms with Crippen molar-refractivity contribution in [1.29, 1.82) is 0 Å². The summed E-state index contributed by atoms with van der Waals surface area (Å²) in [5.41, 5.74) is 1.09. The number of fused-ring (bicyclic) bond motifs is 2. The zero-order valence-electron chi connectivity index (χ0n) is 14.9. The Morgan fingerprint density at radius 3 is 2.81 bits per heavy atom. The molecule has 26 heavy (non-hydrogen) atoms. The minimum atomic E-state index is 0.0451. The molecule has 4 aromatic rings. The van der Waals surface area contributed by atoms with E-state index in [1.54, 1.807) is 33.6 Å². The highest BCUT2D eigenvalue weighted by Gasteiger charge is 2.19. The summed E-state index contributed by atoms with van der Waals surface area (Å²) in [4.78, 5) is 29.7. The highest BCUT2D eigenvalue weighted by atomic mass is 32.2. The van der Waals surface area contributed by atoms with E-state index in [0.29, 0.717) is 17.6 Å². The van der Waals surface area contributed by atoms with Crippen molar-refractivity contribution in [2.24, 2.45) is 5.92 Å². The van der Waals surface area contributed by atoms with Crippen LogP contribution < -0.4 is 5.56 Å². The molecule has 0 radical (unpaired) electrons. The molecule has 0 N–H and O–H groups in total. The van der Waals surface area contributed by atoms with Crippen LogP contribution in [0.15, 0.2) is 32.8 Å². The summed E-state index contributed by atoms with van der Waals surface area (Å²) >= 11 is 4.62. The minimum Gasteiger partial charge on any atom is -0.286 e. The minimum absolute atomic E-state index is 0.0451. The maximum atomic E-state index is 13.2. The Bertz CT molecular complexity index is 1170. The van der Waals surface area contributed by atoms with E-state index in [-0.39, 0.29) is 5.56 Å². The van der Waals surface area contributed by atoms with Crippen LogP contribution in [0.4, 0.5) is 0 Å². The van der Waals surface area contributed by atoms with Crippen LogP contribution >= 0.6 is 34.4 Å². The highest BCUT2D eigenvalue weighted by Crippen LogP contribution is 2.34. The van der Waals surface area contributed by atoms with Gasteiger partial charge in [-0.2, -0.15) is 0 Å². The molecule has 0 saturated carbocycles. The van der Waals surface area contributed by atoms with E-state index in [9.17, 15) is 4.79 Å². The molecule has 0 atom stereocenters. The number of hydrogen-bond acceptors (Lipinski definition) is 7. The zero-order valence-corrected chi connectivity index (χ0v) is 17.4. The smallest absolute Gasteiger partial charge is 0.263 e. The fourth-order valence-electron chi connectivity index (χ4n) is 2.85. The third-order valence-corrected chi connectivity index (χ3v) is 7.15. The number of nitrogens with zero attached hydrogens (tertiary/aromatic N) is 4. The summed E-state index contributed by atoms with van der Waals surface area (Å²) < 4.78 is 1.80. The van der Waals surface area contributed by atoms with E-state index in [2.05, 4.69) is 23.8 Å². The first-order chi connectivity index (χ1) is 12.5. The van der Waals surface area contributed by atoms with Gasteiger partial charge in [0.25, 0.3) is 5.56 Å². The van der Waals surface area contributed by atoms with Crippen molar-refractivity contribution in [3.63, 3.8) is 0 Å². The molecule has 4 heterocycles. The Labute approximate surface area is 163 Å². The molecule has 0 saturated heterocycles. The van der Waals surface area contributed by atoms with E-state index in [4.69, 9.17) is 4.98 Å². The maximum Gasteiger partial charge on any atom is 0.263 e. The first kappa shape index (κ1) is 17.6. The summed E-state index contributed by atoms with van der Waals surface area (Å²) in [5.74, 6) is 0.345. The van der Waals surface area contributed by atoms with Crippen molar-refractivity contribution in [2.45, 2.75) is 44.4 Å². The van der Waals surface area contributed by atoms with Gasteiger partial charge in [0.1, 0.15) is 21.0 Å². The molecule has 0 fully saturated rings. The van der Waals surface area contributed by atoms with Crippen LogP contribution in [0.5, 0.6) is 0 Å². The van der Waals surface area contributed by atoms with E-state index in [1.807, 2.05) is 25.3 Å². The van der Waals surface area contributed by atoms with Gasteiger partial charge in [-0.05, 0) is 48.5 Å². The second kappa shape index (κ2) is 6.75. The molecule has 134 valence electrons. The molecule has 0 spiro atoms. The number of rotatable bonds is 4. The molecule has 0 aliphatic rings. The molecule has 4 rings (SSSR count). The van der Waals surface area contributed by atoms with Crippen molar-refractivity contribution in [1.82, 2.24) is 19.5 Å². The van der Waals surface area contributed by atoms with Gasteiger partial charge < -0.3 is 0 Å². The van der Waals surface area contributed by atoms with Crippen molar-refractivity contribution in [2.75, 3.05) is 0 Å². The Kier molecular flexibility index (Phi) is 4.58. The molecule has 0 aliphatic heterocycles. The van der Waals surface area contributed by atoms with Crippen molar-refractivity contribution < 1.29 is 0 Å². The molecular weight excluding hydrogens is 384 g/mol. The molecule has 0 bridgehead atoms. The van der Waals surface area contributed by atoms with Gasteiger partial charge in [0.05, 0.1) is 5.39 Å². The van der Waals surface area contributed by atoms with Crippen LogP contribution in [0.2, 0.25) is 0 Å². The molecule has 0 aliphatic carbocycles. The van der Waals surface area contributed by atoms with Gasteiger partial charge in [-0.1, -0.05) is 13.8 Å². The lowest BCUT2D eigenvalue weighted by atomic mass is 10.2. The third kappa shape index (κ3) is 2.95. The Hall–Kier alpha value is -1.77. The molecule has 5 nitrogen and oxygen atoms in total.